The Morgan fingerprint density at radius 3 is 2.89 bits per heavy atom. The molecule has 2 heterocycles. The number of aromatic amines is 1. The van der Waals surface area contributed by atoms with Crippen LogP contribution in [0.2, 0.25) is 0 Å². The third kappa shape index (κ3) is 2.57. The lowest BCUT2D eigenvalue weighted by molar-refractivity contribution is -0.0871. The maximum atomic E-state index is 11.6. The zero-order chi connectivity index (χ0) is 14.0. The molecular weight excluding hydrogens is 254 g/mol. The first-order valence-corrected chi connectivity index (χ1v) is 5.66. The van der Waals surface area contributed by atoms with Crippen molar-refractivity contribution in [2.75, 3.05) is 18.9 Å². The van der Waals surface area contributed by atoms with E-state index < -0.39 is 17.9 Å². The molecule has 0 amide bonds. The molecule has 0 aliphatic heterocycles. The van der Waals surface area contributed by atoms with Crippen molar-refractivity contribution in [1.82, 2.24) is 19.5 Å². The van der Waals surface area contributed by atoms with Gasteiger partial charge in [0.15, 0.2) is 17.4 Å². The summed E-state index contributed by atoms with van der Waals surface area (Å²) in [5.74, 6) is -0.0499. The molecular formula is C10H15N5O4. The van der Waals surface area contributed by atoms with Gasteiger partial charge >= 0.3 is 0 Å². The van der Waals surface area contributed by atoms with Gasteiger partial charge in [-0.05, 0) is 6.92 Å². The van der Waals surface area contributed by atoms with Crippen molar-refractivity contribution >= 4 is 17.1 Å². The molecule has 0 aliphatic carbocycles. The van der Waals surface area contributed by atoms with Crippen molar-refractivity contribution in [2.24, 2.45) is 0 Å². The van der Waals surface area contributed by atoms with Crippen LogP contribution in [-0.4, -0.2) is 49.0 Å². The second-order valence-electron chi connectivity index (χ2n) is 4.04. The van der Waals surface area contributed by atoms with E-state index in [-0.39, 0.29) is 30.3 Å². The molecule has 9 nitrogen and oxygen atoms in total. The van der Waals surface area contributed by atoms with E-state index in [1.54, 1.807) is 6.92 Å². The number of aromatic nitrogens is 4. The van der Waals surface area contributed by atoms with Gasteiger partial charge in [0.2, 0.25) is 5.95 Å². The van der Waals surface area contributed by atoms with Gasteiger partial charge in [-0.1, -0.05) is 0 Å². The van der Waals surface area contributed by atoms with Crippen LogP contribution in [0.25, 0.3) is 11.2 Å². The fourth-order valence-electron chi connectivity index (χ4n) is 1.66. The average Bonchev–Trinajstić information content (AvgIpc) is 2.79. The van der Waals surface area contributed by atoms with E-state index in [0.29, 0.717) is 0 Å². The monoisotopic (exact) mass is 269 g/mol. The number of fused-ring (bicyclic) bond motifs is 1. The SMILES string of the molecule is CC(CO)O[C@H](CO)n1cnc2c(=O)[nH]c(N)nc21. The van der Waals surface area contributed by atoms with E-state index in [1.165, 1.54) is 10.9 Å². The first-order valence-electron chi connectivity index (χ1n) is 5.66. The molecule has 2 rings (SSSR count). The Labute approximate surface area is 107 Å². The largest absolute Gasteiger partial charge is 0.394 e. The predicted molar refractivity (Wildman–Crippen MR) is 66.3 cm³/mol. The van der Waals surface area contributed by atoms with Gasteiger partial charge in [0, 0.05) is 0 Å². The van der Waals surface area contributed by atoms with E-state index >= 15 is 0 Å². The van der Waals surface area contributed by atoms with Gasteiger partial charge in [-0.3, -0.25) is 14.3 Å². The van der Waals surface area contributed by atoms with Gasteiger partial charge in [-0.25, -0.2) is 4.98 Å². The normalized spacial score (nSPS) is 14.7. The Bertz CT molecular complexity index is 622. The first kappa shape index (κ1) is 13.5. The van der Waals surface area contributed by atoms with E-state index in [2.05, 4.69) is 15.0 Å². The molecule has 0 saturated carbocycles. The number of nitrogens with one attached hydrogen (secondary N) is 1. The van der Waals surface area contributed by atoms with Crippen LogP contribution in [-0.2, 0) is 4.74 Å². The van der Waals surface area contributed by atoms with Crippen molar-refractivity contribution < 1.29 is 14.9 Å². The van der Waals surface area contributed by atoms with Crippen LogP contribution in [0.4, 0.5) is 5.95 Å². The number of hydrogen-bond acceptors (Lipinski definition) is 7. The molecule has 2 atom stereocenters. The molecule has 0 bridgehead atoms. The summed E-state index contributed by atoms with van der Waals surface area (Å²) in [6.45, 7) is 1.10. The molecule has 2 aromatic rings. The lowest BCUT2D eigenvalue weighted by Crippen LogP contribution is -2.24. The lowest BCUT2D eigenvalue weighted by atomic mass is 10.4. The van der Waals surface area contributed by atoms with Crippen LogP contribution in [0.15, 0.2) is 11.1 Å². The summed E-state index contributed by atoms with van der Waals surface area (Å²) < 4.78 is 6.81. The van der Waals surface area contributed by atoms with Crippen LogP contribution in [0.3, 0.4) is 0 Å². The minimum atomic E-state index is -0.805. The van der Waals surface area contributed by atoms with Gasteiger partial charge < -0.3 is 20.7 Å². The topological polar surface area (TPSA) is 139 Å². The molecule has 9 heteroatoms. The maximum absolute atomic E-state index is 11.6. The minimum Gasteiger partial charge on any atom is -0.394 e. The zero-order valence-electron chi connectivity index (χ0n) is 10.3. The highest BCUT2D eigenvalue weighted by atomic mass is 16.5. The summed E-state index contributed by atoms with van der Waals surface area (Å²) in [6.07, 6.45) is 0.0481. The summed E-state index contributed by atoms with van der Waals surface area (Å²) >= 11 is 0. The fraction of sp³-hybridized carbons (Fsp3) is 0.500. The lowest BCUT2D eigenvalue weighted by Gasteiger charge is -2.20. The van der Waals surface area contributed by atoms with Crippen molar-refractivity contribution in [1.29, 1.82) is 0 Å². The van der Waals surface area contributed by atoms with Crippen molar-refractivity contribution in [2.45, 2.75) is 19.3 Å². The second kappa shape index (κ2) is 5.34. The highest BCUT2D eigenvalue weighted by molar-refractivity contribution is 5.70. The number of H-pyrrole nitrogens is 1. The molecule has 2 aromatic heterocycles. The zero-order valence-corrected chi connectivity index (χ0v) is 10.3. The van der Waals surface area contributed by atoms with Gasteiger partial charge in [-0.15, -0.1) is 0 Å². The number of hydrogen-bond donors (Lipinski definition) is 4. The number of nitrogens with two attached hydrogens (primary N) is 1. The van der Waals surface area contributed by atoms with Crippen LogP contribution in [0.1, 0.15) is 13.2 Å². The van der Waals surface area contributed by atoms with Crippen LogP contribution >= 0.6 is 0 Å². The van der Waals surface area contributed by atoms with E-state index in [4.69, 9.17) is 15.6 Å². The number of anilines is 1. The fourth-order valence-corrected chi connectivity index (χ4v) is 1.66. The number of aliphatic hydroxyl groups excluding tert-OH is 2. The highest BCUT2D eigenvalue weighted by Crippen LogP contribution is 2.16. The summed E-state index contributed by atoms with van der Waals surface area (Å²) in [5.41, 5.74) is 5.32. The Hall–Kier alpha value is -1.97. The molecule has 0 saturated heterocycles. The van der Waals surface area contributed by atoms with Gasteiger partial charge in [0.25, 0.3) is 5.56 Å². The molecule has 0 aliphatic rings. The minimum absolute atomic E-state index is 0.0499. The third-order valence-electron chi connectivity index (χ3n) is 2.56. The number of nitrogen functional groups attached to an aromatic ring is 1. The van der Waals surface area contributed by atoms with Gasteiger partial charge in [0.05, 0.1) is 25.6 Å². The van der Waals surface area contributed by atoms with Crippen LogP contribution in [0, 0.1) is 0 Å². The molecule has 104 valence electrons. The number of ether oxygens (including phenoxy) is 1. The predicted octanol–water partition coefficient (Wildman–Crippen LogP) is -1.41. The van der Waals surface area contributed by atoms with E-state index in [0.717, 1.165) is 0 Å². The van der Waals surface area contributed by atoms with Crippen LogP contribution in [0.5, 0.6) is 0 Å². The standard InChI is InChI=1S/C10H15N5O4/c1-5(2-16)19-6(3-17)15-4-12-7-8(15)13-10(11)14-9(7)18/h4-6,16-17H,2-3H2,1H3,(H3,11,13,14,18)/t5?,6-/m1/s1. The number of rotatable bonds is 5. The Morgan fingerprint density at radius 2 is 2.26 bits per heavy atom. The van der Waals surface area contributed by atoms with E-state index in [1.807, 2.05) is 0 Å². The Morgan fingerprint density at radius 1 is 1.53 bits per heavy atom. The molecule has 0 aromatic carbocycles. The molecule has 19 heavy (non-hydrogen) atoms. The quantitative estimate of drug-likeness (QED) is 0.522. The summed E-state index contributed by atoms with van der Waals surface area (Å²) in [5, 5.41) is 18.3. The summed E-state index contributed by atoms with van der Waals surface area (Å²) in [7, 11) is 0. The summed E-state index contributed by atoms with van der Waals surface area (Å²) in [4.78, 5) is 21.8. The second-order valence-corrected chi connectivity index (χ2v) is 4.04. The Kier molecular flexibility index (Phi) is 3.79. The van der Waals surface area contributed by atoms with Crippen molar-refractivity contribution in [3.8, 4) is 0 Å². The average molecular weight is 269 g/mol. The van der Waals surface area contributed by atoms with Crippen molar-refractivity contribution in [3.05, 3.63) is 16.7 Å². The van der Waals surface area contributed by atoms with Crippen molar-refractivity contribution in [3.63, 3.8) is 0 Å². The number of aliphatic hydroxyl groups is 2. The molecule has 0 spiro atoms. The summed E-state index contributed by atoms with van der Waals surface area (Å²) in [6, 6.07) is 0. The smallest absolute Gasteiger partial charge is 0.280 e. The number of nitrogens with zero attached hydrogens (tertiary/aromatic N) is 3. The number of imidazole rings is 1. The molecule has 0 fully saturated rings. The highest BCUT2D eigenvalue weighted by Gasteiger charge is 2.19. The first-order chi connectivity index (χ1) is 9.06. The van der Waals surface area contributed by atoms with Gasteiger partial charge in [-0.2, -0.15) is 4.98 Å². The van der Waals surface area contributed by atoms with Gasteiger partial charge in [0.1, 0.15) is 0 Å². The van der Waals surface area contributed by atoms with Crippen LogP contribution < -0.4 is 11.3 Å². The Balaban J connectivity index is 2.46. The third-order valence-corrected chi connectivity index (χ3v) is 2.56. The van der Waals surface area contributed by atoms with E-state index in [9.17, 15) is 9.90 Å². The molecule has 5 N–H and O–H groups in total. The molecule has 1 unspecified atom stereocenters. The molecule has 0 radical (unpaired) electrons. The maximum Gasteiger partial charge on any atom is 0.280 e.